The van der Waals surface area contributed by atoms with E-state index in [1.165, 1.54) is 12.1 Å². The molecule has 4 heteroatoms. The Labute approximate surface area is 108 Å². The van der Waals surface area contributed by atoms with Gasteiger partial charge in [-0.25, -0.2) is 8.78 Å². The highest BCUT2D eigenvalue weighted by molar-refractivity contribution is 9.10. The van der Waals surface area contributed by atoms with E-state index in [1.807, 2.05) is 13.8 Å². The van der Waals surface area contributed by atoms with Crippen LogP contribution in [0.3, 0.4) is 0 Å². The van der Waals surface area contributed by atoms with E-state index < -0.39 is 11.6 Å². The van der Waals surface area contributed by atoms with Gasteiger partial charge < -0.3 is 0 Å². The van der Waals surface area contributed by atoms with E-state index in [0.717, 1.165) is 6.42 Å². The lowest BCUT2D eigenvalue weighted by molar-refractivity contribution is 0.462. The summed E-state index contributed by atoms with van der Waals surface area (Å²) in [6, 6.07) is 2.65. The van der Waals surface area contributed by atoms with E-state index in [-0.39, 0.29) is 16.9 Å². The molecule has 0 aromatic heterocycles. The van der Waals surface area contributed by atoms with Crippen LogP contribution in [0.4, 0.5) is 8.78 Å². The predicted octanol–water partition coefficient (Wildman–Crippen LogP) is 4.92. The smallest absolute Gasteiger partial charge is 0.143 e. The molecule has 1 aromatic rings. The van der Waals surface area contributed by atoms with Crippen molar-refractivity contribution in [2.45, 2.75) is 32.1 Å². The number of alkyl halides is 1. The van der Waals surface area contributed by atoms with E-state index in [9.17, 15) is 8.78 Å². The van der Waals surface area contributed by atoms with Gasteiger partial charge in [0.15, 0.2) is 0 Å². The third kappa shape index (κ3) is 3.17. The van der Waals surface area contributed by atoms with Crippen LogP contribution in [0.2, 0.25) is 0 Å². The lowest BCUT2D eigenvalue weighted by atomic mass is 9.93. The maximum absolute atomic E-state index is 13.7. The molecule has 0 spiro atoms. The molecule has 0 radical (unpaired) electrons. The molecule has 0 nitrogen and oxygen atoms in total. The third-order valence-electron chi connectivity index (χ3n) is 2.78. The Morgan fingerprint density at radius 1 is 1.38 bits per heavy atom. The van der Waals surface area contributed by atoms with E-state index >= 15 is 0 Å². The fourth-order valence-electron chi connectivity index (χ4n) is 1.65. The van der Waals surface area contributed by atoms with Crippen molar-refractivity contribution in [1.82, 2.24) is 0 Å². The molecular formula is C12H14BrClF2. The molecule has 0 amide bonds. The average molecular weight is 312 g/mol. The highest BCUT2D eigenvalue weighted by atomic mass is 79.9. The van der Waals surface area contributed by atoms with Crippen molar-refractivity contribution in [3.8, 4) is 0 Å². The molecule has 0 saturated carbocycles. The van der Waals surface area contributed by atoms with Gasteiger partial charge in [0.25, 0.3) is 0 Å². The van der Waals surface area contributed by atoms with Gasteiger partial charge >= 0.3 is 0 Å². The van der Waals surface area contributed by atoms with Crippen molar-refractivity contribution in [3.05, 3.63) is 33.8 Å². The first-order valence-corrected chi connectivity index (χ1v) is 6.46. The molecule has 0 aliphatic carbocycles. The SMILES string of the molecule is CCC(Cc1c(F)ccc(Br)c1F)C(C)Cl. The zero-order valence-electron chi connectivity index (χ0n) is 9.24. The van der Waals surface area contributed by atoms with E-state index in [2.05, 4.69) is 15.9 Å². The summed E-state index contributed by atoms with van der Waals surface area (Å²) in [6.07, 6.45) is 1.13. The highest BCUT2D eigenvalue weighted by Gasteiger charge is 2.19. The van der Waals surface area contributed by atoms with Gasteiger partial charge in [0.05, 0.1) is 4.47 Å². The lowest BCUT2D eigenvalue weighted by Crippen LogP contribution is -2.15. The minimum atomic E-state index is -0.518. The Balaban J connectivity index is 3.00. The van der Waals surface area contributed by atoms with E-state index in [4.69, 9.17) is 11.6 Å². The monoisotopic (exact) mass is 310 g/mol. The quantitative estimate of drug-likeness (QED) is 0.547. The van der Waals surface area contributed by atoms with Crippen molar-refractivity contribution in [3.63, 3.8) is 0 Å². The standard InChI is InChI=1S/C12H14BrClF2/c1-3-8(7(2)14)6-9-11(15)5-4-10(13)12(9)16/h4-5,7-8H,3,6H2,1-2H3. The average Bonchev–Trinajstić information content (AvgIpc) is 2.23. The molecule has 16 heavy (non-hydrogen) atoms. The van der Waals surface area contributed by atoms with Gasteiger partial charge in [0.1, 0.15) is 11.6 Å². The van der Waals surface area contributed by atoms with Gasteiger partial charge in [-0.05, 0) is 47.3 Å². The number of hydrogen-bond acceptors (Lipinski definition) is 0. The van der Waals surface area contributed by atoms with Crippen molar-refractivity contribution < 1.29 is 8.78 Å². The van der Waals surface area contributed by atoms with Crippen LogP contribution in [0.25, 0.3) is 0 Å². The summed E-state index contributed by atoms with van der Waals surface area (Å²) < 4.78 is 27.5. The molecule has 0 fully saturated rings. The summed E-state index contributed by atoms with van der Waals surface area (Å²) in [5.74, 6) is -0.938. The van der Waals surface area contributed by atoms with Gasteiger partial charge in [0.2, 0.25) is 0 Å². The van der Waals surface area contributed by atoms with Crippen LogP contribution in [0.5, 0.6) is 0 Å². The van der Waals surface area contributed by atoms with Gasteiger partial charge in [-0.2, -0.15) is 0 Å². The van der Waals surface area contributed by atoms with Gasteiger partial charge in [-0.1, -0.05) is 13.3 Å². The molecule has 0 aliphatic rings. The Bertz CT molecular complexity index is 366. The molecule has 2 unspecified atom stereocenters. The molecular weight excluding hydrogens is 297 g/mol. The molecule has 0 N–H and O–H groups in total. The van der Waals surface area contributed by atoms with Crippen LogP contribution >= 0.6 is 27.5 Å². The number of halogens is 4. The zero-order valence-corrected chi connectivity index (χ0v) is 11.6. The van der Waals surface area contributed by atoms with Crippen LogP contribution in [0.1, 0.15) is 25.8 Å². The number of rotatable bonds is 4. The van der Waals surface area contributed by atoms with E-state index in [0.29, 0.717) is 10.9 Å². The Morgan fingerprint density at radius 3 is 2.50 bits per heavy atom. The van der Waals surface area contributed by atoms with Crippen LogP contribution < -0.4 is 0 Å². The first kappa shape index (κ1) is 13.9. The largest absolute Gasteiger partial charge is 0.207 e. The van der Waals surface area contributed by atoms with E-state index in [1.54, 1.807) is 0 Å². The fourth-order valence-corrected chi connectivity index (χ4v) is 2.29. The summed E-state index contributed by atoms with van der Waals surface area (Å²) in [7, 11) is 0. The number of benzene rings is 1. The molecule has 90 valence electrons. The fraction of sp³-hybridized carbons (Fsp3) is 0.500. The first-order valence-electron chi connectivity index (χ1n) is 5.23. The van der Waals surface area contributed by atoms with Crippen LogP contribution in [-0.2, 0) is 6.42 Å². The van der Waals surface area contributed by atoms with Crippen LogP contribution in [0.15, 0.2) is 16.6 Å². The van der Waals surface area contributed by atoms with Gasteiger partial charge in [0, 0.05) is 10.9 Å². The molecule has 0 bridgehead atoms. The Hall–Kier alpha value is -0.150. The Morgan fingerprint density at radius 2 is 2.00 bits per heavy atom. The number of hydrogen-bond donors (Lipinski definition) is 0. The third-order valence-corrected chi connectivity index (χ3v) is 3.75. The molecule has 0 aliphatic heterocycles. The van der Waals surface area contributed by atoms with Crippen LogP contribution in [0, 0.1) is 17.6 Å². The molecule has 1 rings (SSSR count). The maximum atomic E-state index is 13.7. The van der Waals surface area contributed by atoms with Gasteiger partial charge in [-0.3, -0.25) is 0 Å². The van der Waals surface area contributed by atoms with Gasteiger partial charge in [-0.15, -0.1) is 11.6 Å². The summed E-state index contributed by atoms with van der Waals surface area (Å²) in [5.41, 5.74) is 0.119. The predicted molar refractivity (Wildman–Crippen MR) is 66.9 cm³/mol. The van der Waals surface area contributed by atoms with Crippen molar-refractivity contribution >= 4 is 27.5 Å². The lowest BCUT2D eigenvalue weighted by Gasteiger charge is -2.18. The molecule has 1 aromatic carbocycles. The molecule has 0 heterocycles. The Kier molecular flexibility index (Phi) is 5.19. The second-order valence-corrected chi connectivity index (χ2v) is 5.41. The summed E-state index contributed by atoms with van der Waals surface area (Å²) in [4.78, 5) is 0. The first-order chi connectivity index (χ1) is 7.47. The normalized spacial score (nSPS) is 14.9. The minimum absolute atomic E-state index is 0.0833. The van der Waals surface area contributed by atoms with Crippen molar-refractivity contribution in [1.29, 1.82) is 0 Å². The maximum Gasteiger partial charge on any atom is 0.143 e. The van der Waals surface area contributed by atoms with Crippen molar-refractivity contribution in [2.75, 3.05) is 0 Å². The summed E-state index contributed by atoms with van der Waals surface area (Å²) >= 11 is 9.04. The molecule has 2 atom stereocenters. The summed E-state index contributed by atoms with van der Waals surface area (Å²) in [5, 5.41) is -0.0946. The van der Waals surface area contributed by atoms with Crippen molar-refractivity contribution in [2.24, 2.45) is 5.92 Å². The second-order valence-electron chi connectivity index (χ2n) is 3.87. The molecule has 0 saturated heterocycles. The second kappa shape index (κ2) is 5.97. The minimum Gasteiger partial charge on any atom is -0.207 e. The summed E-state index contributed by atoms with van der Waals surface area (Å²) in [6.45, 7) is 3.82. The highest BCUT2D eigenvalue weighted by Crippen LogP contribution is 2.27. The topological polar surface area (TPSA) is 0 Å². The van der Waals surface area contributed by atoms with Crippen LogP contribution in [-0.4, -0.2) is 5.38 Å². The zero-order chi connectivity index (χ0) is 12.3.